The third-order valence-electron chi connectivity index (χ3n) is 4.39. The lowest BCUT2D eigenvalue weighted by Crippen LogP contribution is -2.66. The molecule has 0 radical (unpaired) electrons. The molecule has 6 heteroatoms. The highest BCUT2D eigenvalue weighted by Gasteiger charge is 2.58. The van der Waals surface area contributed by atoms with E-state index in [0.717, 1.165) is 25.7 Å². The van der Waals surface area contributed by atoms with Crippen molar-refractivity contribution in [2.75, 3.05) is 7.11 Å². The maximum absolute atomic E-state index is 12.7. The minimum absolute atomic E-state index is 0.0540. The molecule has 0 aromatic rings. The minimum atomic E-state index is -1.31. The molecule has 6 nitrogen and oxygen atoms in total. The summed E-state index contributed by atoms with van der Waals surface area (Å²) in [6.45, 7) is 5.37. The molecular formula is C16H27NO5. The number of methoxy groups -OCH3 is 1. The summed E-state index contributed by atoms with van der Waals surface area (Å²) in [5.74, 6) is -0.989. The third kappa shape index (κ3) is 3.21. The van der Waals surface area contributed by atoms with E-state index in [2.05, 4.69) is 0 Å². The number of carboxylic acids is 1. The smallest absolute Gasteiger partial charge is 0.411 e. The SMILES string of the molecule is COC1CCCCC1(C(=O)O)N(C(=O)OC(C)(C)C)C1CC1. The second-order valence-electron chi connectivity index (χ2n) is 7.28. The van der Waals surface area contributed by atoms with Crippen molar-refractivity contribution in [3.63, 3.8) is 0 Å². The molecule has 22 heavy (non-hydrogen) atoms. The van der Waals surface area contributed by atoms with Gasteiger partial charge in [-0.15, -0.1) is 0 Å². The molecule has 2 rings (SSSR count). The Morgan fingerprint density at radius 3 is 2.27 bits per heavy atom. The Bertz CT molecular complexity index is 440. The van der Waals surface area contributed by atoms with Crippen LogP contribution in [0.5, 0.6) is 0 Å². The van der Waals surface area contributed by atoms with Gasteiger partial charge in [0.05, 0.1) is 6.10 Å². The van der Waals surface area contributed by atoms with Gasteiger partial charge in [0, 0.05) is 13.2 Å². The molecule has 2 saturated carbocycles. The molecule has 1 N–H and O–H groups in total. The first-order valence-electron chi connectivity index (χ1n) is 8.01. The number of carboxylic acid groups (broad SMARTS) is 1. The lowest BCUT2D eigenvalue weighted by atomic mass is 9.77. The summed E-state index contributed by atoms with van der Waals surface area (Å²) in [4.78, 5) is 26.3. The minimum Gasteiger partial charge on any atom is -0.479 e. The van der Waals surface area contributed by atoms with Crippen LogP contribution in [0, 0.1) is 0 Å². The topological polar surface area (TPSA) is 76.1 Å². The van der Waals surface area contributed by atoms with Crippen LogP contribution in [-0.4, -0.2) is 52.5 Å². The molecule has 0 spiro atoms. The van der Waals surface area contributed by atoms with Crippen molar-refractivity contribution in [2.45, 2.75) is 82.6 Å². The lowest BCUT2D eigenvalue weighted by molar-refractivity contribution is -0.167. The van der Waals surface area contributed by atoms with Gasteiger partial charge >= 0.3 is 12.1 Å². The summed E-state index contributed by atoms with van der Waals surface area (Å²) in [5.41, 5.74) is -1.96. The molecule has 0 bridgehead atoms. The van der Waals surface area contributed by atoms with Gasteiger partial charge in [-0.3, -0.25) is 4.90 Å². The molecule has 2 fully saturated rings. The van der Waals surface area contributed by atoms with Crippen LogP contribution in [-0.2, 0) is 14.3 Å². The Morgan fingerprint density at radius 1 is 1.18 bits per heavy atom. The van der Waals surface area contributed by atoms with Crippen molar-refractivity contribution < 1.29 is 24.2 Å². The van der Waals surface area contributed by atoms with Gasteiger partial charge in [0.2, 0.25) is 0 Å². The molecule has 2 aliphatic rings. The molecule has 2 atom stereocenters. The van der Waals surface area contributed by atoms with Crippen LogP contribution in [0.1, 0.15) is 59.3 Å². The maximum Gasteiger partial charge on any atom is 0.411 e. The highest BCUT2D eigenvalue weighted by molar-refractivity contribution is 5.86. The van der Waals surface area contributed by atoms with E-state index in [-0.39, 0.29) is 6.04 Å². The van der Waals surface area contributed by atoms with E-state index in [1.54, 1.807) is 20.8 Å². The van der Waals surface area contributed by atoms with Crippen molar-refractivity contribution in [3.8, 4) is 0 Å². The Hall–Kier alpha value is -1.30. The molecule has 2 aliphatic carbocycles. The van der Waals surface area contributed by atoms with Crippen molar-refractivity contribution in [1.82, 2.24) is 4.90 Å². The Labute approximate surface area is 131 Å². The number of carbonyl (C=O) groups is 2. The standard InChI is InChI=1S/C16H27NO5/c1-15(2,3)22-14(20)17(11-8-9-11)16(13(18)19)10-6-5-7-12(16)21-4/h11-12H,5-10H2,1-4H3,(H,18,19). The van der Waals surface area contributed by atoms with Gasteiger partial charge in [0.15, 0.2) is 5.54 Å². The second-order valence-corrected chi connectivity index (χ2v) is 7.28. The predicted octanol–water partition coefficient (Wildman–Crippen LogP) is 2.80. The summed E-state index contributed by atoms with van der Waals surface area (Å²) in [6, 6.07) is -0.0540. The van der Waals surface area contributed by atoms with Crippen LogP contribution < -0.4 is 0 Å². The summed E-state index contributed by atoms with van der Waals surface area (Å²) in [7, 11) is 1.52. The highest BCUT2D eigenvalue weighted by Crippen LogP contribution is 2.43. The molecular weight excluding hydrogens is 286 g/mol. The molecule has 2 unspecified atom stereocenters. The number of rotatable bonds is 4. The monoisotopic (exact) mass is 313 g/mol. The van der Waals surface area contributed by atoms with Gasteiger partial charge < -0.3 is 14.6 Å². The fourth-order valence-corrected chi connectivity index (χ4v) is 3.34. The number of carbonyl (C=O) groups excluding carboxylic acids is 1. The first-order valence-corrected chi connectivity index (χ1v) is 8.01. The van der Waals surface area contributed by atoms with E-state index < -0.39 is 29.3 Å². The van der Waals surface area contributed by atoms with Gasteiger partial charge in [-0.1, -0.05) is 12.8 Å². The van der Waals surface area contributed by atoms with Crippen LogP contribution in [0.15, 0.2) is 0 Å². The maximum atomic E-state index is 12.7. The zero-order valence-corrected chi connectivity index (χ0v) is 13.9. The van der Waals surface area contributed by atoms with Gasteiger partial charge in [-0.25, -0.2) is 9.59 Å². The first kappa shape index (κ1) is 17.1. The third-order valence-corrected chi connectivity index (χ3v) is 4.39. The normalized spacial score (nSPS) is 29.0. The molecule has 0 aliphatic heterocycles. The average molecular weight is 313 g/mol. The summed E-state index contributed by atoms with van der Waals surface area (Å²) >= 11 is 0. The highest BCUT2D eigenvalue weighted by atomic mass is 16.6. The molecule has 126 valence electrons. The second kappa shape index (κ2) is 6.07. The summed E-state index contributed by atoms with van der Waals surface area (Å²) in [6.07, 6.45) is 3.37. The van der Waals surface area contributed by atoms with Gasteiger partial charge in [-0.05, 0) is 46.5 Å². The molecule has 1 amide bonds. The fraction of sp³-hybridized carbons (Fsp3) is 0.875. The van der Waals surface area contributed by atoms with Crippen molar-refractivity contribution in [3.05, 3.63) is 0 Å². The largest absolute Gasteiger partial charge is 0.479 e. The van der Waals surface area contributed by atoms with Gasteiger partial charge in [0.25, 0.3) is 0 Å². The molecule has 0 heterocycles. The van der Waals surface area contributed by atoms with Gasteiger partial charge in [0.1, 0.15) is 5.60 Å². The Kier molecular flexibility index (Phi) is 4.70. The van der Waals surface area contributed by atoms with Crippen LogP contribution in [0.2, 0.25) is 0 Å². The van der Waals surface area contributed by atoms with Gasteiger partial charge in [-0.2, -0.15) is 0 Å². The van der Waals surface area contributed by atoms with Crippen molar-refractivity contribution >= 4 is 12.1 Å². The predicted molar refractivity (Wildman–Crippen MR) is 80.7 cm³/mol. The van der Waals surface area contributed by atoms with Crippen LogP contribution in [0.4, 0.5) is 4.79 Å². The zero-order valence-electron chi connectivity index (χ0n) is 13.9. The first-order chi connectivity index (χ1) is 10.2. The van der Waals surface area contributed by atoms with Crippen LogP contribution >= 0.6 is 0 Å². The zero-order chi connectivity index (χ0) is 16.5. The van der Waals surface area contributed by atoms with E-state index in [1.165, 1.54) is 12.0 Å². The number of aliphatic carboxylic acids is 1. The summed E-state index contributed by atoms with van der Waals surface area (Å²) < 4.78 is 11.0. The Morgan fingerprint density at radius 2 is 1.82 bits per heavy atom. The Balaban J connectivity index is 2.37. The van der Waals surface area contributed by atoms with Crippen LogP contribution in [0.3, 0.4) is 0 Å². The number of hydrogen-bond acceptors (Lipinski definition) is 4. The number of ether oxygens (including phenoxy) is 2. The molecule has 0 saturated heterocycles. The quantitative estimate of drug-likeness (QED) is 0.863. The summed E-state index contributed by atoms with van der Waals surface area (Å²) in [5, 5.41) is 9.96. The lowest BCUT2D eigenvalue weighted by Gasteiger charge is -2.47. The van der Waals surface area contributed by atoms with Crippen LogP contribution in [0.25, 0.3) is 0 Å². The van der Waals surface area contributed by atoms with E-state index >= 15 is 0 Å². The van der Waals surface area contributed by atoms with E-state index in [4.69, 9.17) is 9.47 Å². The van der Waals surface area contributed by atoms with E-state index in [0.29, 0.717) is 12.8 Å². The average Bonchev–Trinajstić information content (AvgIpc) is 3.21. The van der Waals surface area contributed by atoms with E-state index in [1.807, 2.05) is 0 Å². The number of nitrogens with zero attached hydrogens (tertiary/aromatic N) is 1. The number of hydrogen-bond donors (Lipinski definition) is 1. The number of amides is 1. The van der Waals surface area contributed by atoms with Crippen molar-refractivity contribution in [2.24, 2.45) is 0 Å². The van der Waals surface area contributed by atoms with E-state index in [9.17, 15) is 14.7 Å². The van der Waals surface area contributed by atoms with Crippen molar-refractivity contribution in [1.29, 1.82) is 0 Å². The molecule has 0 aromatic carbocycles. The fourth-order valence-electron chi connectivity index (χ4n) is 3.34. The molecule has 0 aromatic heterocycles.